The average Bonchev–Trinajstić information content (AvgIpc) is 3.49. The molecule has 2 amide bonds. The summed E-state index contributed by atoms with van der Waals surface area (Å²) in [5.41, 5.74) is -3.26. The molecular formula is C26H32F5N5O3S. The number of thiazole rings is 1. The fourth-order valence-electron chi connectivity index (χ4n) is 4.89. The van der Waals surface area contributed by atoms with Gasteiger partial charge in [0.1, 0.15) is 11.5 Å². The molecule has 8 nitrogen and oxygen atoms in total. The molecule has 220 valence electrons. The number of anilines is 1. The second-order valence-electron chi connectivity index (χ2n) is 11.0. The lowest BCUT2D eigenvalue weighted by atomic mass is 9.91. The Hall–Kier alpha value is -2.87. The summed E-state index contributed by atoms with van der Waals surface area (Å²) in [5.74, 6) is -4.83. The maximum Gasteiger partial charge on any atom is 0.417 e. The van der Waals surface area contributed by atoms with Crippen molar-refractivity contribution in [2.45, 2.75) is 89.1 Å². The molecule has 1 saturated heterocycles. The molecule has 2 fully saturated rings. The summed E-state index contributed by atoms with van der Waals surface area (Å²) in [4.78, 5) is 35.7. The van der Waals surface area contributed by atoms with Gasteiger partial charge in [-0.1, -0.05) is 6.42 Å². The van der Waals surface area contributed by atoms with E-state index in [1.54, 1.807) is 0 Å². The van der Waals surface area contributed by atoms with E-state index in [0.29, 0.717) is 49.6 Å². The van der Waals surface area contributed by atoms with Gasteiger partial charge in [0.25, 0.3) is 17.7 Å². The van der Waals surface area contributed by atoms with Crippen LogP contribution < -0.4 is 10.6 Å². The second-order valence-corrected chi connectivity index (χ2v) is 12.0. The van der Waals surface area contributed by atoms with Gasteiger partial charge in [-0.15, -0.1) is 11.3 Å². The normalized spacial score (nSPS) is 21.4. The number of nitrogens with zero attached hydrogens (tertiary/aromatic N) is 3. The van der Waals surface area contributed by atoms with Crippen LogP contribution in [0.15, 0.2) is 12.3 Å². The predicted octanol–water partition coefficient (Wildman–Crippen LogP) is 5.34. The molecular weight excluding hydrogens is 557 g/mol. The van der Waals surface area contributed by atoms with E-state index in [0.717, 1.165) is 6.20 Å². The summed E-state index contributed by atoms with van der Waals surface area (Å²) in [5, 5.41) is 14.6. The molecule has 3 heterocycles. The van der Waals surface area contributed by atoms with E-state index in [1.807, 2.05) is 6.92 Å². The van der Waals surface area contributed by atoms with Gasteiger partial charge in [0.15, 0.2) is 5.01 Å². The first-order chi connectivity index (χ1) is 18.6. The number of amides is 2. The number of carbonyl (C=O) groups is 2. The van der Waals surface area contributed by atoms with Gasteiger partial charge < -0.3 is 20.6 Å². The molecule has 0 unspecified atom stereocenters. The summed E-state index contributed by atoms with van der Waals surface area (Å²) in [6.45, 7) is 4.97. The fraction of sp³-hybridized carbons (Fsp3) is 0.615. The van der Waals surface area contributed by atoms with Crippen molar-refractivity contribution in [1.82, 2.24) is 20.2 Å². The van der Waals surface area contributed by atoms with Crippen LogP contribution >= 0.6 is 11.3 Å². The Kier molecular flexibility index (Phi) is 8.42. The summed E-state index contributed by atoms with van der Waals surface area (Å²) >= 11 is 0.598. The Labute approximate surface area is 232 Å². The van der Waals surface area contributed by atoms with Crippen LogP contribution in [0.4, 0.5) is 27.8 Å². The molecule has 1 aliphatic heterocycles. The van der Waals surface area contributed by atoms with Crippen LogP contribution in [0.5, 0.6) is 0 Å². The van der Waals surface area contributed by atoms with Gasteiger partial charge in [-0.05, 0) is 52.5 Å². The molecule has 40 heavy (non-hydrogen) atoms. The molecule has 3 N–H and O–H groups in total. The van der Waals surface area contributed by atoms with E-state index in [9.17, 15) is 36.6 Å². The van der Waals surface area contributed by atoms with E-state index in [-0.39, 0.29) is 46.8 Å². The standard InChI is InChI=1S/C26H32F5N5O3S/c1-14-7-6-10-36(14)23(38)19-20(40-22(35-19)21(37)33-13-24(2,3)39)15-12-32-18(11-16(15)26(29,30)31)34-17-8-4-5-9-25(17,27)28/h11-12,14,17,39H,4-10,13H2,1-3H3,(H,32,34)(H,33,37)/t14-,17-/m0/s1. The van der Waals surface area contributed by atoms with Crippen molar-refractivity contribution in [3.8, 4) is 10.4 Å². The number of alkyl halides is 5. The molecule has 0 spiro atoms. The fourth-order valence-corrected chi connectivity index (χ4v) is 5.89. The third-order valence-electron chi connectivity index (χ3n) is 7.06. The average molecular weight is 590 g/mol. The van der Waals surface area contributed by atoms with E-state index in [4.69, 9.17) is 0 Å². The van der Waals surface area contributed by atoms with Crippen LogP contribution in [-0.2, 0) is 6.18 Å². The smallest absolute Gasteiger partial charge is 0.389 e. The van der Waals surface area contributed by atoms with E-state index in [1.165, 1.54) is 18.7 Å². The number of carbonyl (C=O) groups excluding carboxylic acids is 2. The third-order valence-corrected chi connectivity index (χ3v) is 8.15. The number of aliphatic hydroxyl groups is 1. The Bertz CT molecular complexity index is 1260. The summed E-state index contributed by atoms with van der Waals surface area (Å²) < 4.78 is 71.7. The molecule has 1 saturated carbocycles. The maximum atomic E-state index is 14.4. The lowest BCUT2D eigenvalue weighted by Gasteiger charge is -2.32. The molecule has 2 aromatic rings. The van der Waals surface area contributed by atoms with Crippen LogP contribution in [0.25, 0.3) is 10.4 Å². The van der Waals surface area contributed by atoms with Crippen LogP contribution in [0.1, 0.15) is 85.2 Å². The number of likely N-dealkylation sites (tertiary alicyclic amines) is 1. The van der Waals surface area contributed by atoms with Gasteiger partial charge in [-0.2, -0.15) is 13.2 Å². The van der Waals surface area contributed by atoms with Crippen LogP contribution in [0.3, 0.4) is 0 Å². The molecule has 4 rings (SSSR count). The predicted molar refractivity (Wildman–Crippen MR) is 140 cm³/mol. The summed E-state index contributed by atoms with van der Waals surface area (Å²) in [6.07, 6.45) is -2.07. The number of nitrogens with one attached hydrogen (secondary N) is 2. The zero-order valence-corrected chi connectivity index (χ0v) is 23.2. The van der Waals surface area contributed by atoms with Crippen molar-refractivity contribution < 1.29 is 36.6 Å². The van der Waals surface area contributed by atoms with Crippen molar-refractivity contribution >= 4 is 29.0 Å². The zero-order chi connectivity index (χ0) is 29.5. The number of aromatic nitrogens is 2. The molecule has 14 heteroatoms. The summed E-state index contributed by atoms with van der Waals surface area (Å²) in [6, 6.07) is -0.872. The van der Waals surface area contributed by atoms with Gasteiger partial charge >= 0.3 is 6.18 Å². The number of hydrogen-bond acceptors (Lipinski definition) is 7. The second kappa shape index (κ2) is 11.2. The molecule has 2 aromatic heterocycles. The quantitative estimate of drug-likeness (QED) is 0.377. The molecule has 2 atom stereocenters. The minimum Gasteiger partial charge on any atom is -0.389 e. The number of halogens is 5. The highest BCUT2D eigenvalue weighted by Crippen LogP contribution is 2.43. The zero-order valence-electron chi connectivity index (χ0n) is 22.4. The van der Waals surface area contributed by atoms with Gasteiger partial charge in [0.2, 0.25) is 0 Å². The minimum absolute atomic E-state index is 0.0857. The highest BCUT2D eigenvalue weighted by Gasteiger charge is 2.43. The van der Waals surface area contributed by atoms with E-state index in [2.05, 4.69) is 20.6 Å². The monoisotopic (exact) mass is 589 g/mol. The topological polar surface area (TPSA) is 107 Å². The van der Waals surface area contributed by atoms with E-state index < -0.39 is 46.7 Å². The third kappa shape index (κ3) is 6.70. The first kappa shape index (κ1) is 30.1. The van der Waals surface area contributed by atoms with Gasteiger partial charge in [-0.3, -0.25) is 9.59 Å². The molecule has 1 aliphatic carbocycles. The highest BCUT2D eigenvalue weighted by atomic mass is 32.1. The Morgan fingerprint density at radius 1 is 1.20 bits per heavy atom. The Morgan fingerprint density at radius 2 is 1.93 bits per heavy atom. The van der Waals surface area contributed by atoms with Gasteiger partial charge in [0, 0.05) is 37.3 Å². The van der Waals surface area contributed by atoms with Gasteiger partial charge in [0.05, 0.1) is 22.1 Å². The first-order valence-corrected chi connectivity index (χ1v) is 13.9. The SMILES string of the molecule is C[C@H]1CCCN1C(=O)c1nc(C(=O)NCC(C)(C)O)sc1-c1cnc(N[C@H]2CCCCC2(F)F)cc1C(F)(F)F. The number of hydrogen-bond donors (Lipinski definition) is 3. The van der Waals surface area contributed by atoms with Crippen molar-refractivity contribution in [2.75, 3.05) is 18.4 Å². The maximum absolute atomic E-state index is 14.4. The lowest BCUT2D eigenvalue weighted by molar-refractivity contribution is -0.137. The minimum atomic E-state index is -4.93. The van der Waals surface area contributed by atoms with Crippen molar-refractivity contribution in [1.29, 1.82) is 0 Å². The Morgan fingerprint density at radius 3 is 2.52 bits per heavy atom. The number of rotatable bonds is 7. The lowest BCUT2D eigenvalue weighted by Crippen LogP contribution is -2.42. The summed E-state index contributed by atoms with van der Waals surface area (Å²) in [7, 11) is 0. The molecule has 2 aliphatic rings. The number of pyridine rings is 1. The van der Waals surface area contributed by atoms with Crippen LogP contribution in [-0.4, -0.2) is 68.5 Å². The van der Waals surface area contributed by atoms with Crippen molar-refractivity contribution in [3.05, 3.63) is 28.5 Å². The molecule has 0 bridgehead atoms. The Balaban J connectivity index is 1.77. The first-order valence-electron chi connectivity index (χ1n) is 13.1. The molecule has 0 radical (unpaired) electrons. The van der Waals surface area contributed by atoms with Crippen LogP contribution in [0.2, 0.25) is 0 Å². The van der Waals surface area contributed by atoms with Crippen LogP contribution in [0, 0.1) is 0 Å². The highest BCUT2D eigenvalue weighted by molar-refractivity contribution is 7.17. The van der Waals surface area contributed by atoms with Crippen molar-refractivity contribution in [2.24, 2.45) is 0 Å². The largest absolute Gasteiger partial charge is 0.417 e. The van der Waals surface area contributed by atoms with E-state index >= 15 is 0 Å². The van der Waals surface area contributed by atoms with Crippen molar-refractivity contribution in [3.63, 3.8) is 0 Å². The van der Waals surface area contributed by atoms with Gasteiger partial charge in [-0.25, -0.2) is 18.7 Å². The molecule has 0 aromatic carbocycles.